The summed E-state index contributed by atoms with van der Waals surface area (Å²) in [6.07, 6.45) is 2.35. The van der Waals surface area contributed by atoms with Gasteiger partial charge in [0.25, 0.3) is 0 Å². The van der Waals surface area contributed by atoms with Crippen LogP contribution in [0.3, 0.4) is 0 Å². The number of aromatic nitrogens is 3. The quantitative estimate of drug-likeness (QED) is 0.292. The van der Waals surface area contributed by atoms with Crippen molar-refractivity contribution in [2.75, 3.05) is 12.3 Å². The van der Waals surface area contributed by atoms with Gasteiger partial charge < -0.3 is 9.73 Å². The third kappa shape index (κ3) is 5.40. The first-order valence-electron chi connectivity index (χ1n) is 10.6. The highest BCUT2D eigenvalue weighted by Crippen LogP contribution is 2.30. The topological polar surface area (TPSA) is 90.0 Å². The summed E-state index contributed by atoms with van der Waals surface area (Å²) in [5.41, 5.74) is 3.48. The van der Waals surface area contributed by atoms with E-state index in [-0.39, 0.29) is 17.4 Å². The van der Waals surface area contributed by atoms with E-state index in [1.165, 1.54) is 18.7 Å². The highest BCUT2D eigenvalue weighted by Gasteiger charge is 2.20. The highest BCUT2D eigenvalue weighted by molar-refractivity contribution is 7.99. The Morgan fingerprint density at radius 1 is 1.03 bits per heavy atom. The van der Waals surface area contributed by atoms with Crippen LogP contribution in [0, 0.1) is 6.92 Å². The Morgan fingerprint density at radius 3 is 2.45 bits per heavy atom. The number of rotatable bonds is 9. The van der Waals surface area contributed by atoms with Gasteiger partial charge >= 0.3 is 0 Å². The molecule has 7 nitrogen and oxygen atoms in total. The molecule has 0 unspecified atom stereocenters. The number of carbonyl (C=O) groups is 2. The van der Waals surface area contributed by atoms with Gasteiger partial charge in [0.05, 0.1) is 17.6 Å². The number of ketones is 1. The molecule has 1 N–H and O–H groups in total. The number of furan rings is 1. The molecule has 4 aromatic rings. The Labute approximate surface area is 196 Å². The molecule has 168 valence electrons. The first kappa shape index (κ1) is 22.5. The van der Waals surface area contributed by atoms with Gasteiger partial charge in [0.15, 0.2) is 16.8 Å². The monoisotopic (exact) mass is 460 g/mol. The summed E-state index contributed by atoms with van der Waals surface area (Å²) < 4.78 is 7.40. The minimum atomic E-state index is -0.0479. The number of nitrogens with zero attached hydrogens (tertiary/aromatic N) is 3. The lowest BCUT2D eigenvalue weighted by Crippen LogP contribution is -2.22. The van der Waals surface area contributed by atoms with Crippen LogP contribution in [-0.4, -0.2) is 38.8 Å². The van der Waals surface area contributed by atoms with Crippen LogP contribution < -0.4 is 5.32 Å². The van der Waals surface area contributed by atoms with Crippen LogP contribution in [0.15, 0.2) is 76.5 Å². The molecule has 0 aliphatic heterocycles. The molecule has 0 aliphatic rings. The largest absolute Gasteiger partial charge is 0.469 e. The smallest absolute Gasteiger partial charge is 0.216 e. The molecule has 4 rings (SSSR count). The Kier molecular flexibility index (Phi) is 7.04. The Balaban J connectivity index is 1.49. The Morgan fingerprint density at radius 2 is 1.79 bits per heavy atom. The summed E-state index contributed by atoms with van der Waals surface area (Å²) in [7, 11) is 0. The fourth-order valence-electron chi connectivity index (χ4n) is 3.42. The number of benzene rings is 2. The summed E-state index contributed by atoms with van der Waals surface area (Å²) >= 11 is 1.35. The zero-order valence-corrected chi connectivity index (χ0v) is 19.3. The number of hydrogen-bond donors (Lipinski definition) is 1. The third-order valence-electron chi connectivity index (χ3n) is 5.14. The van der Waals surface area contributed by atoms with Crippen LogP contribution in [0.5, 0.6) is 0 Å². The number of aryl methyl sites for hydroxylation is 1. The van der Waals surface area contributed by atoms with Crippen molar-refractivity contribution in [2.24, 2.45) is 0 Å². The van der Waals surface area contributed by atoms with Crippen molar-refractivity contribution in [3.05, 3.63) is 83.8 Å². The molecular weight excluding hydrogens is 436 g/mol. The molecule has 2 aromatic carbocycles. The van der Waals surface area contributed by atoms with E-state index in [0.717, 1.165) is 29.0 Å². The van der Waals surface area contributed by atoms with Crippen molar-refractivity contribution in [3.8, 4) is 17.1 Å². The third-order valence-corrected chi connectivity index (χ3v) is 6.07. The van der Waals surface area contributed by atoms with E-state index in [2.05, 4.69) is 15.5 Å². The number of hydrogen-bond acceptors (Lipinski definition) is 6. The molecule has 0 saturated heterocycles. The van der Waals surface area contributed by atoms with E-state index >= 15 is 0 Å². The first-order chi connectivity index (χ1) is 16.0. The number of carbonyl (C=O) groups excluding carboxylic acids is 2. The number of amides is 1. The lowest BCUT2D eigenvalue weighted by atomic mass is 10.1. The normalized spacial score (nSPS) is 10.8. The molecule has 0 spiro atoms. The van der Waals surface area contributed by atoms with Crippen molar-refractivity contribution >= 4 is 23.5 Å². The molecular formula is C25H24N4O3S. The van der Waals surface area contributed by atoms with Crippen LogP contribution in [0.1, 0.15) is 28.6 Å². The second-order valence-electron chi connectivity index (χ2n) is 7.51. The van der Waals surface area contributed by atoms with E-state index in [0.29, 0.717) is 23.1 Å². The fraction of sp³-hybridized carbons (Fsp3) is 0.200. The van der Waals surface area contributed by atoms with E-state index in [9.17, 15) is 9.59 Å². The average molecular weight is 461 g/mol. The predicted molar refractivity (Wildman–Crippen MR) is 128 cm³/mol. The fourth-order valence-corrected chi connectivity index (χ4v) is 4.26. The van der Waals surface area contributed by atoms with Gasteiger partial charge in [-0.3, -0.25) is 14.2 Å². The summed E-state index contributed by atoms with van der Waals surface area (Å²) in [5, 5.41) is 12.2. The molecule has 0 radical (unpaired) electrons. The van der Waals surface area contributed by atoms with Crippen LogP contribution in [0.2, 0.25) is 0 Å². The molecule has 1 amide bonds. The van der Waals surface area contributed by atoms with Crippen LogP contribution in [-0.2, 0) is 11.2 Å². The lowest BCUT2D eigenvalue weighted by Gasteiger charge is -2.10. The Bertz CT molecular complexity index is 1250. The molecule has 0 fully saturated rings. The van der Waals surface area contributed by atoms with E-state index < -0.39 is 0 Å². The number of thioether (sulfide) groups is 1. The van der Waals surface area contributed by atoms with Crippen LogP contribution >= 0.6 is 11.8 Å². The predicted octanol–water partition coefficient (Wildman–Crippen LogP) is 4.49. The maximum absolute atomic E-state index is 12.8. The second kappa shape index (κ2) is 10.3. The molecule has 0 aliphatic carbocycles. The standard InChI is InChI=1S/C25H24N4O3S/c1-17-22(13-15-32-17)24-27-28-25(29(24)21-6-4-3-5-7-21)33-16-23(31)20-10-8-19(9-11-20)12-14-26-18(2)30/h3-11,13,15H,12,14,16H2,1-2H3,(H,26,30). The maximum atomic E-state index is 12.8. The van der Waals surface area contributed by atoms with Gasteiger partial charge in [0.1, 0.15) is 5.76 Å². The van der Waals surface area contributed by atoms with Crippen molar-refractivity contribution in [2.45, 2.75) is 25.4 Å². The zero-order chi connectivity index (χ0) is 23.2. The van der Waals surface area contributed by atoms with Crippen molar-refractivity contribution in [1.29, 1.82) is 0 Å². The average Bonchev–Trinajstić information content (AvgIpc) is 3.44. The molecule has 2 aromatic heterocycles. The van der Waals surface area contributed by atoms with E-state index in [4.69, 9.17) is 4.42 Å². The minimum Gasteiger partial charge on any atom is -0.469 e. The van der Waals surface area contributed by atoms with Gasteiger partial charge in [-0.25, -0.2) is 0 Å². The number of para-hydroxylation sites is 1. The summed E-state index contributed by atoms with van der Waals surface area (Å²) in [6, 6.07) is 19.2. The summed E-state index contributed by atoms with van der Waals surface area (Å²) in [5.74, 6) is 1.63. The van der Waals surface area contributed by atoms with Crippen molar-refractivity contribution < 1.29 is 14.0 Å². The van der Waals surface area contributed by atoms with Gasteiger partial charge in [-0.1, -0.05) is 54.2 Å². The number of Topliss-reactive ketones (excluding diaryl/α,β-unsaturated/α-hetero) is 1. The van der Waals surface area contributed by atoms with Gasteiger partial charge in [0, 0.05) is 24.7 Å². The van der Waals surface area contributed by atoms with Gasteiger partial charge in [0.2, 0.25) is 5.91 Å². The van der Waals surface area contributed by atoms with Crippen molar-refractivity contribution in [1.82, 2.24) is 20.1 Å². The lowest BCUT2D eigenvalue weighted by molar-refractivity contribution is -0.118. The van der Waals surface area contributed by atoms with Crippen LogP contribution in [0.4, 0.5) is 0 Å². The van der Waals surface area contributed by atoms with E-state index in [1.54, 1.807) is 6.26 Å². The minimum absolute atomic E-state index is 0.0112. The van der Waals surface area contributed by atoms with Gasteiger partial charge in [-0.15, -0.1) is 10.2 Å². The molecule has 2 heterocycles. The van der Waals surface area contributed by atoms with Crippen molar-refractivity contribution in [3.63, 3.8) is 0 Å². The molecule has 8 heteroatoms. The first-order valence-corrected chi connectivity index (χ1v) is 11.6. The van der Waals surface area contributed by atoms with E-state index in [1.807, 2.05) is 72.2 Å². The molecule has 0 atom stereocenters. The Hall–Kier alpha value is -3.65. The zero-order valence-electron chi connectivity index (χ0n) is 18.4. The molecule has 0 saturated carbocycles. The summed E-state index contributed by atoms with van der Waals surface area (Å²) in [4.78, 5) is 23.8. The SMILES string of the molecule is CC(=O)NCCc1ccc(C(=O)CSc2nnc(-c3ccoc3C)n2-c2ccccc2)cc1. The van der Waals surface area contributed by atoms with Gasteiger partial charge in [-0.2, -0.15) is 0 Å². The maximum Gasteiger partial charge on any atom is 0.216 e. The summed E-state index contributed by atoms with van der Waals surface area (Å²) in [6.45, 7) is 3.96. The second-order valence-corrected chi connectivity index (χ2v) is 8.45. The van der Waals surface area contributed by atoms with Crippen LogP contribution in [0.25, 0.3) is 17.1 Å². The highest BCUT2D eigenvalue weighted by atomic mass is 32.2. The number of nitrogens with one attached hydrogen (secondary N) is 1. The van der Waals surface area contributed by atoms with Gasteiger partial charge in [-0.05, 0) is 37.1 Å². The molecule has 0 bridgehead atoms. The molecule has 33 heavy (non-hydrogen) atoms.